The van der Waals surface area contributed by atoms with Crippen molar-refractivity contribution in [2.45, 2.75) is 6.54 Å². The lowest BCUT2D eigenvalue weighted by Crippen LogP contribution is -2.13. The average molecular weight is 368 g/mol. The fourth-order valence-corrected chi connectivity index (χ4v) is 2.33. The van der Waals surface area contributed by atoms with Crippen LogP contribution in [0.2, 0.25) is 5.02 Å². The maximum absolute atomic E-state index is 12.1. The van der Waals surface area contributed by atoms with Crippen LogP contribution >= 0.6 is 27.5 Å². The van der Waals surface area contributed by atoms with Gasteiger partial charge in [-0.25, -0.2) is 0 Å². The van der Waals surface area contributed by atoms with Crippen molar-refractivity contribution < 1.29 is 4.79 Å². The first kappa shape index (κ1) is 16.0. The molecule has 1 N–H and O–H groups in total. The molecule has 21 heavy (non-hydrogen) atoms. The maximum atomic E-state index is 12.1. The van der Waals surface area contributed by atoms with Gasteiger partial charge in [0, 0.05) is 22.3 Å². The van der Waals surface area contributed by atoms with Gasteiger partial charge in [-0.3, -0.25) is 4.79 Å². The summed E-state index contributed by atoms with van der Waals surface area (Å²) in [5.41, 5.74) is 2.49. The van der Waals surface area contributed by atoms with E-state index in [0.29, 0.717) is 10.6 Å². The third-order valence-corrected chi connectivity index (χ3v) is 4.12. The summed E-state index contributed by atoms with van der Waals surface area (Å²) in [5, 5.41) is 3.38. The van der Waals surface area contributed by atoms with Gasteiger partial charge >= 0.3 is 0 Å². The summed E-state index contributed by atoms with van der Waals surface area (Å²) in [4.78, 5) is 14.2. The molecule has 2 rings (SSSR count). The Balaban J connectivity index is 2.06. The zero-order valence-electron chi connectivity index (χ0n) is 11.9. The number of nitrogens with zero attached hydrogens (tertiary/aromatic N) is 1. The van der Waals surface area contributed by atoms with E-state index in [1.165, 1.54) is 5.56 Å². The van der Waals surface area contributed by atoms with E-state index in [1.807, 2.05) is 38.4 Å². The van der Waals surface area contributed by atoms with Crippen molar-refractivity contribution in [3.8, 4) is 0 Å². The van der Waals surface area contributed by atoms with Crippen LogP contribution in [0.5, 0.6) is 0 Å². The smallest absolute Gasteiger partial charge is 0.255 e. The number of hydrogen-bond donors (Lipinski definition) is 1. The Bertz CT molecular complexity index is 641. The zero-order chi connectivity index (χ0) is 15.4. The predicted molar refractivity (Wildman–Crippen MR) is 90.9 cm³/mol. The number of anilines is 1. The van der Waals surface area contributed by atoms with E-state index in [9.17, 15) is 4.79 Å². The van der Waals surface area contributed by atoms with E-state index in [-0.39, 0.29) is 5.91 Å². The van der Waals surface area contributed by atoms with E-state index in [2.05, 4.69) is 26.1 Å². The lowest BCUT2D eigenvalue weighted by molar-refractivity contribution is 0.102. The van der Waals surface area contributed by atoms with E-state index >= 15 is 0 Å². The van der Waals surface area contributed by atoms with Crippen molar-refractivity contribution in [2.75, 3.05) is 19.4 Å². The zero-order valence-corrected chi connectivity index (χ0v) is 14.2. The molecule has 2 aromatic rings. The summed E-state index contributed by atoms with van der Waals surface area (Å²) >= 11 is 9.30. The van der Waals surface area contributed by atoms with E-state index in [0.717, 1.165) is 16.7 Å². The Kier molecular flexibility index (Phi) is 5.39. The lowest BCUT2D eigenvalue weighted by Gasteiger charge is -2.11. The van der Waals surface area contributed by atoms with Crippen LogP contribution < -0.4 is 5.32 Å². The van der Waals surface area contributed by atoms with Gasteiger partial charge in [0.05, 0.1) is 5.02 Å². The Morgan fingerprint density at radius 1 is 1.19 bits per heavy atom. The second kappa shape index (κ2) is 7.07. The van der Waals surface area contributed by atoms with Crippen LogP contribution in [0.25, 0.3) is 0 Å². The Labute approximate surface area is 138 Å². The molecular weight excluding hydrogens is 352 g/mol. The molecule has 0 radical (unpaired) electrons. The SMILES string of the molecule is CN(C)Cc1ccc(NC(=O)c2ccc(Br)c(Cl)c2)cc1. The number of carbonyl (C=O) groups is 1. The fourth-order valence-electron chi connectivity index (χ4n) is 1.90. The monoisotopic (exact) mass is 366 g/mol. The van der Waals surface area contributed by atoms with Crippen LogP contribution in [-0.2, 0) is 6.54 Å². The van der Waals surface area contributed by atoms with Gasteiger partial charge in [-0.1, -0.05) is 23.7 Å². The first-order valence-corrected chi connectivity index (χ1v) is 7.63. The van der Waals surface area contributed by atoms with Crippen molar-refractivity contribution in [3.05, 3.63) is 63.1 Å². The quantitative estimate of drug-likeness (QED) is 0.868. The molecule has 0 aliphatic heterocycles. The summed E-state index contributed by atoms with van der Waals surface area (Å²) < 4.78 is 0.772. The molecular formula is C16H16BrClN2O. The summed E-state index contributed by atoms with van der Waals surface area (Å²) in [7, 11) is 4.04. The van der Waals surface area contributed by atoms with Crippen LogP contribution in [0.3, 0.4) is 0 Å². The lowest BCUT2D eigenvalue weighted by atomic mass is 10.1. The fraction of sp³-hybridized carbons (Fsp3) is 0.188. The maximum Gasteiger partial charge on any atom is 0.255 e. The Morgan fingerprint density at radius 3 is 2.43 bits per heavy atom. The van der Waals surface area contributed by atoms with Gasteiger partial charge in [-0.15, -0.1) is 0 Å². The van der Waals surface area contributed by atoms with Gasteiger partial charge < -0.3 is 10.2 Å². The highest BCUT2D eigenvalue weighted by Crippen LogP contribution is 2.23. The van der Waals surface area contributed by atoms with Gasteiger partial charge in [0.15, 0.2) is 0 Å². The topological polar surface area (TPSA) is 32.3 Å². The minimum absolute atomic E-state index is 0.176. The molecule has 0 aromatic heterocycles. The molecule has 0 fully saturated rings. The number of benzene rings is 2. The molecule has 110 valence electrons. The van der Waals surface area contributed by atoms with Gasteiger partial charge in [-0.05, 0) is 65.9 Å². The minimum Gasteiger partial charge on any atom is -0.322 e. The predicted octanol–water partition coefficient (Wildman–Crippen LogP) is 4.42. The average Bonchev–Trinajstić information content (AvgIpc) is 2.43. The first-order valence-electron chi connectivity index (χ1n) is 6.46. The number of amides is 1. The molecule has 0 atom stereocenters. The Hall–Kier alpha value is -1.36. The summed E-state index contributed by atoms with van der Waals surface area (Å²) in [5.74, 6) is -0.176. The number of rotatable bonds is 4. The normalized spacial score (nSPS) is 10.7. The van der Waals surface area contributed by atoms with Crippen molar-refractivity contribution in [2.24, 2.45) is 0 Å². The van der Waals surface area contributed by atoms with Crippen LogP contribution in [0.15, 0.2) is 46.9 Å². The summed E-state index contributed by atoms with van der Waals surface area (Å²) in [6.07, 6.45) is 0. The van der Waals surface area contributed by atoms with Gasteiger partial charge in [-0.2, -0.15) is 0 Å². The molecule has 0 aliphatic carbocycles. The molecule has 0 spiro atoms. The third kappa shape index (κ3) is 4.56. The van der Waals surface area contributed by atoms with Crippen LogP contribution in [0.4, 0.5) is 5.69 Å². The first-order chi connectivity index (χ1) is 9.95. The number of hydrogen-bond acceptors (Lipinski definition) is 2. The summed E-state index contributed by atoms with van der Waals surface area (Å²) in [6, 6.07) is 12.9. The van der Waals surface area contributed by atoms with Crippen LogP contribution in [0, 0.1) is 0 Å². The number of carbonyl (C=O) groups excluding carboxylic acids is 1. The summed E-state index contributed by atoms with van der Waals surface area (Å²) in [6.45, 7) is 0.872. The van der Waals surface area contributed by atoms with Crippen LogP contribution in [-0.4, -0.2) is 24.9 Å². The van der Waals surface area contributed by atoms with Crippen molar-refractivity contribution in [1.82, 2.24) is 4.90 Å². The standard InChI is InChI=1S/C16H16BrClN2O/c1-20(2)10-11-3-6-13(7-4-11)19-16(21)12-5-8-14(17)15(18)9-12/h3-9H,10H2,1-2H3,(H,19,21). The van der Waals surface area contributed by atoms with Gasteiger partial charge in [0.1, 0.15) is 0 Å². The van der Waals surface area contributed by atoms with Gasteiger partial charge in [0.25, 0.3) is 5.91 Å². The molecule has 0 saturated heterocycles. The highest BCUT2D eigenvalue weighted by Gasteiger charge is 2.08. The van der Waals surface area contributed by atoms with Crippen molar-refractivity contribution in [3.63, 3.8) is 0 Å². The largest absolute Gasteiger partial charge is 0.322 e. The molecule has 1 amide bonds. The van der Waals surface area contributed by atoms with Crippen LogP contribution in [0.1, 0.15) is 15.9 Å². The van der Waals surface area contributed by atoms with Crippen molar-refractivity contribution >= 4 is 39.1 Å². The molecule has 0 unspecified atom stereocenters. The highest BCUT2D eigenvalue weighted by molar-refractivity contribution is 9.10. The van der Waals surface area contributed by atoms with Gasteiger partial charge in [0.2, 0.25) is 0 Å². The molecule has 2 aromatic carbocycles. The molecule has 0 heterocycles. The third-order valence-electron chi connectivity index (χ3n) is 2.89. The van der Waals surface area contributed by atoms with E-state index < -0.39 is 0 Å². The second-order valence-corrected chi connectivity index (χ2v) is 6.28. The minimum atomic E-state index is -0.176. The van der Waals surface area contributed by atoms with E-state index in [1.54, 1.807) is 18.2 Å². The Morgan fingerprint density at radius 2 is 1.86 bits per heavy atom. The molecule has 0 bridgehead atoms. The van der Waals surface area contributed by atoms with E-state index in [4.69, 9.17) is 11.6 Å². The highest BCUT2D eigenvalue weighted by atomic mass is 79.9. The molecule has 0 aliphatic rings. The second-order valence-electron chi connectivity index (χ2n) is 5.02. The molecule has 0 saturated carbocycles. The molecule has 5 heteroatoms. The number of halogens is 2. The van der Waals surface area contributed by atoms with Crippen molar-refractivity contribution in [1.29, 1.82) is 0 Å². The number of nitrogens with one attached hydrogen (secondary N) is 1. The molecule has 3 nitrogen and oxygen atoms in total.